The molecule has 25 heavy (non-hydrogen) atoms. The largest absolute Gasteiger partial charge is 0.318 e. The summed E-state index contributed by atoms with van der Waals surface area (Å²) in [7, 11) is 0. The molecule has 130 valence electrons. The van der Waals surface area contributed by atoms with E-state index in [9.17, 15) is 9.65 Å². The zero-order valence-corrected chi connectivity index (χ0v) is 14.9. The second kappa shape index (κ2) is 7.67. The van der Waals surface area contributed by atoms with E-state index in [1.807, 2.05) is 6.92 Å². The standard InChI is InChI=1S/C21H24FN3/c1-16-14-21(17(2)25(16)20-8-6-19(22)7-9-20)18(10-11-23)15-24-12-4-3-5-13-24/h6-10,14H,3-5,12-13,15H2,1-2H3. The summed E-state index contributed by atoms with van der Waals surface area (Å²) in [6, 6.07) is 10.9. The number of rotatable bonds is 4. The number of benzene rings is 1. The van der Waals surface area contributed by atoms with Crippen LogP contribution in [0, 0.1) is 31.0 Å². The predicted octanol–water partition coefficient (Wildman–Crippen LogP) is 4.63. The molecule has 1 aliphatic rings. The lowest BCUT2D eigenvalue weighted by Gasteiger charge is -2.27. The molecule has 1 aromatic heterocycles. The van der Waals surface area contributed by atoms with Crippen LogP contribution in [-0.2, 0) is 0 Å². The van der Waals surface area contributed by atoms with Crippen molar-refractivity contribution in [1.82, 2.24) is 9.47 Å². The fourth-order valence-corrected chi connectivity index (χ4v) is 3.72. The van der Waals surface area contributed by atoms with Gasteiger partial charge in [-0.15, -0.1) is 0 Å². The Kier molecular flexibility index (Phi) is 5.35. The minimum absolute atomic E-state index is 0.235. The van der Waals surface area contributed by atoms with Gasteiger partial charge in [0.25, 0.3) is 0 Å². The van der Waals surface area contributed by atoms with Gasteiger partial charge in [-0.05, 0) is 75.7 Å². The fraction of sp³-hybridized carbons (Fsp3) is 0.381. The Bertz CT molecular complexity index is 803. The smallest absolute Gasteiger partial charge is 0.123 e. The third kappa shape index (κ3) is 3.83. The fourth-order valence-electron chi connectivity index (χ4n) is 3.72. The zero-order valence-electron chi connectivity index (χ0n) is 14.9. The van der Waals surface area contributed by atoms with Gasteiger partial charge in [0.15, 0.2) is 0 Å². The Labute approximate surface area is 149 Å². The first-order valence-electron chi connectivity index (χ1n) is 8.86. The Morgan fingerprint density at radius 1 is 1.16 bits per heavy atom. The normalized spacial score (nSPS) is 16.0. The van der Waals surface area contributed by atoms with Gasteiger partial charge in [-0.3, -0.25) is 4.90 Å². The van der Waals surface area contributed by atoms with Crippen molar-refractivity contribution in [3.05, 3.63) is 59.2 Å². The highest BCUT2D eigenvalue weighted by Gasteiger charge is 2.18. The molecular formula is C21H24FN3. The average molecular weight is 337 g/mol. The number of aryl methyl sites for hydroxylation is 1. The minimum atomic E-state index is -0.235. The van der Waals surface area contributed by atoms with Gasteiger partial charge in [0.2, 0.25) is 0 Å². The number of hydrogen-bond acceptors (Lipinski definition) is 2. The number of nitriles is 1. The summed E-state index contributed by atoms with van der Waals surface area (Å²) in [6.07, 6.45) is 5.43. The van der Waals surface area contributed by atoms with Crippen LogP contribution in [0.15, 0.2) is 36.4 Å². The molecule has 0 spiro atoms. The second-order valence-corrected chi connectivity index (χ2v) is 6.73. The maximum absolute atomic E-state index is 13.2. The van der Waals surface area contributed by atoms with Crippen molar-refractivity contribution in [3.8, 4) is 11.8 Å². The van der Waals surface area contributed by atoms with Crippen LogP contribution in [0.2, 0.25) is 0 Å². The lowest BCUT2D eigenvalue weighted by atomic mass is 10.0. The van der Waals surface area contributed by atoms with E-state index in [-0.39, 0.29) is 5.82 Å². The number of halogens is 1. The molecule has 0 saturated carbocycles. The van der Waals surface area contributed by atoms with Gasteiger partial charge < -0.3 is 4.57 Å². The van der Waals surface area contributed by atoms with Gasteiger partial charge in [0.05, 0.1) is 6.07 Å². The Hall–Kier alpha value is -2.38. The van der Waals surface area contributed by atoms with Crippen LogP contribution in [0.25, 0.3) is 11.3 Å². The summed E-state index contributed by atoms with van der Waals surface area (Å²) in [5, 5.41) is 9.25. The summed E-state index contributed by atoms with van der Waals surface area (Å²) in [6.45, 7) is 7.11. The highest BCUT2D eigenvalue weighted by molar-refractivity contribution is 5.72. The molecule has 0 amide bonds. The van der Waals surface area contributed by atoms with Crippen LogP contribution in [0.5, 0.6) is 0 Å². The van der Waals surface area contributed by atoms with Gasteiger partial charge in [0, 0.05) is 35.3 Å². The summed E-state index contributed by atoms with van der Waals surface area (Å²) in [5.74, 6) is -0.235. The van der Waals surface area contributed by atoms with Gasteiger partial charge in [-0.2, -0.15) is 5.26 Å². The summed E-state index contributed by atoms with van der Waals surface area (Å²) in [4.78, 5) is 2.43. The van der Waals surface area contributed by atoms with Crippen LogP contribution in [0.1, 0.15) is 36.2 Å². The second-order valence-electron chi connectivity index (χ2n) is 6.73. The lowest BCUT2D eigenvalue weighted by Crippen LogP contribution is -2.31. The maximum atomic E-state index is 13.2. The number of piperidine rings is 1. The Balaban J connectivity index is 1.95. The number of likely N-dealkylation sites (tertiary alicyclic amines) is 1. The monoisotopic (exact) mass is 337 g/mol. The minimum Gasteiger partial charge on any atom is -0.318 e. The van der Waals surface area contributed by atoms with Crippen molar-refractivity contribution in [1.29, 1.82) is 5.26 Å². The molecule has 1 saturated heterocycles. The van der Waals surface area contributed by atoms with E-state index in [4.69, 9.17) is 0 Å². The van der Waals surface area contributed by atoms with E-state index < -0.39 is 0 Å². The van der Waals surface area contributed by atoms with Gasteiger partial charge >= 0.3 is 0 Å². The zero-order chi connectivity index (χ0) is 17.8. The van der Waals surface area contributed by atoms with Crippen molar-refractivity contribution >= 4 is 5.57 Å². The molecule has 0 aliphatic carbocycles. The molecule has 2 heterocycles. The third-order valence-corrected chi connectivity index (χ3v) is 4.94. The first-order valence-corrected chi connectivity index (χ1v) is 8.86. The highest BCUT2D eigenvalue weighted by Crippen LogP contribution is 2.27. The maximum Gasteiger partial charge on any atom is 0.123 e. The van der Waals surface area contributed by atoms with Crippen molar-refractivity contribution < 1.29 is 4.39 Å². The topological polar surface area (TPSA) is 32.0 Å². The summed E-state index contributed by atoms with van der Waals surface area (Å²) in [5.41, 5.74) is 5.28. The SMILES string of the molecule is Cc1cc(C(=CC#N)CN2CCCCC2)c(C)n1-c1ccc(F)cc1. The third-order valence-electron chi connectivity index (χ3n) is 4.94. The van der Waals surface area contributed by atoms with Crippen LogP contribution in [0.3, 0.4) is 0 Å². The summed E-state index contributed by atoms with van der Waals surface area (Å²) < 4.78 is 15.4. The van der Waals surface area contributed by atoms with Gasteiger partial charge in [-0.25, -0.2) is 4.39 Å². The first-order chi connectivity index (χ1) is 12.1. The van der Waals surface area contributed by atoms with Gasteiger partial charge in [-0.1, -0.05) is 6.42 Å². The van der Waals surface area contributed by atoms with Crippen LogP contribution < -0.4 is 0 Å². The molecule has 1 fully saturated rings. The van der Waals surface area contributed by atoms with Crippen molar-refractivity contribution in [3.63, 3.8) is 0 Å². The number of nitrogens with zero attached hydrogens (tertiary/aromatic N) is 3. The van der Waals surface area contributed by atoms with Crippen LogP contribution in [-0.4, -0.2) is 29.1 Å². The lowest BCUT2D eigenvalue weighted by molar-refractivity contribution is 0.255. The molecule has 1 aliphatic heterocycles. The molecule has 0 N–H and O–H groups in total. The molecule has 3 nitrogen and oxygen atoms in total. The molecule has 0 bridgehead atoms. The van der Waals surface area contributed by atoms with Crippen molar-refractivity contribution in [2.45, 2.75) is 33.1 Å². The van der Waals surface area contributed by atoms with E-state index in [1.165, 1.54) is 31.4 Å². The molecule has 3 rings (SSSR count). The molecule has 0 radical (unpaired) electrons. The van der Waals surface area contributed by atoms with Gasteiger partial charge in [0.1, 0.15) is 5.82 Å². The highest BCUT2D eigenvalue weighted by atomic mass is 19.1. The van der Waals surface area contributed by atoms with Crippen LogP contribution in [0.4, 0.5) is 4.39 Å². The molecule has 2 aromatic rings. The molecule has 0 unspecified atom stereocenters. The van der Waals surface area contributed by atoms with E-state index in [0.29, 0.717) is 0 Å². The van der Waals surface area contributed by atoms with Crippen LogP contribution >= 0.6 is 0 Å². The number of hydrogen-bond donors (Lipinski definition) is 0. The molecule has 4 heteroatoms. The molecule has 1 aromatic carbocycles. The average Bonchev–Trinajstić information content (AvgIpc) is 2.91. The van der Waals surface area contributed by atoms with E-state index >= 15 is 0 Å². The summed E-state index contributed by atoms with van der Waals surface area (Å²) >= 11 is 0. The Morgan fingerprint density at radius 2 is 1.84 bits per heavy atom. The van der Waals surface area contributed by atoms with E-state index in [0.717, 1.165) is 47.8 Å². The quantitative estimate of drug-likeness (QED) is 0.762. The first kappa shape index (κ1) is 17.4. The number of aromatic nitrogens is 1. The van der Waals surface area contributed by atoms with Crippen molar-refractivity contribution in [2.24, 2.45) is 0 Å². The van der Waals surface area contributed by atoms with E-state index in [2.05, 4.69) is 28.5 Å². The van der Waals surface area contributed by atoms with Crippen molar-refractivity contribution in [2.75, 3.05) is 19.6 Å². The number of allylic oxidation sites excluding steroid dienone is 1. The Morgan fingerprint density at radius 3 is 2.48 bits per heavy atom. The molecular weight excluding hydrogens is 313 g/mol. The predicted molar refractivity (Wildman–Crippen MR) is 99.1 cm³/mol. The van der Waals surface area contributed by atoms with E-state index in [1.54, 1.807) is 18.2 Å². The molecule has 0 atom stereocenters.